The molecule has 0 spiro atoms. The maximum atomic E-state index is 11.8. The van der Waals surface area contributed by atoms with E-state index in [1.54, 1.807) is 16.7 Å². The van der Waals surface area contributed by atoms with Crippen LogP contribution in [-0.2, 0) is 4.79 Å². The van der Waals surface area contributed by atoms with E-state index in [4.69, 9.17) is 11.6 Å². The molecule has 0 aliphatic rings. The molecule has 1 aromatic carbocycles. The summed E-state index contributed by atoms with van der Waals surface area (Å²) in [5.74, 6) is 0.583. The third kappa shape index (κ3) is 2.62. The number of amides is 1. The number of nitrogens with zero attached hydrogens (tertiary/aromatic N) is 2. The number of aromatic nitrogens is 2. The maximum absolute atomic E-state index is 11.8. The number of anilines is 1. The molecule has 3 aromatic rings. The van der Waals surface area contributed by atoms with Gasteiger partial charge in [0.25, 0.3) is 0 Å². The van der Waals surface area contributed by atoms with Crippen LogP contribution in [0.15, 0.2) is 48.7 Å². The number of hydrogen-bond donors (Lipinski definition) is 1. The lowest BCUT2D eigenvalue weighted by Crippen LogP contribution is -2.12. The molecular weight excluding hydrogens is 286 g/mol. The molecule has 1 N–H and O–H groups in total. The first kappa shape index (κ1) is 13.6. The Labute approximate surface area is 127 Å². The maximum Gasteiger partial charge on any atom is 0.225 e. The molecule has 0 radical (unpaired) electrons. The van der Waals surface area contributed by atoms with E-state index in [-0.39, 0.29) is 5.91 Å². The molecular formula is C16H14ClN3O. The van der Waals surface area contributed by atoms with Crippen molar-refractivity contribution in [3.63, 3.8) is 0 Å². The van der Waals surface area contributed by atoms with Gasteiger partial charge in [0.15, 0.2) is 0 Å². The van der Waals surface area contributed by atoms with Crippen molar-refractivity contribution in [3.05, 3.63) is 53.7 Å². The molecule has 0 saturated heterocycles. The SMILES string of the molecule is CCC(=O)Nc1c(-c2ccccc2)nc2ccc(Cl)cn12. The number of pyridine rings is 1. The van der Waals surface area contributed by atoms with Gasteiger partial charge in [-0.15, -0.1) is 0 Å². The van der Waals surface area contributed by atoms with Crippen LogP contribution in [0.1, 0.15) is 13.3 Å². The van der Waals surface area contributed by atoms with Gasteiger partial charge in [-0.3, -0.25) is 9.20 Å². The molecule has 0 bridgehead atoms. The summed E-state index contributed by atoms with van der Waals surface area (Å²) in [4.78, 5) is 16.4. The number of benzene rings is 1. The van der Waals surface area contributed by atoms with Crippen LogP contribution in [0, 0.1) is 0 Å². The highest BCUT2D eigenvalue weighted by atomic mass is 35.5. The second-order valence-corrected chi connectivity index (χ2v) is 5.09. The summed E-state index contributed by atoms with van der Waals surface area (Å²) in [6.45, 7) is 1.81. The summed E-state index contributed by atoms with van der Waals surface area (Å²) in [6, 6.07) is 13.4. The molecule has 0 saturated carbocycles. The van der Waals surface area contributed by atoms with Crippen molar-refractivity contribution >= 4 is 29.0 Å². The number of carbonyl (C=O) groups is 1. The Balaban J connectivity index is 2.23. The first-order chi connectivity index (χ1) is 10.2. The van der Waals surface area contributed by atoms with Gasteiger partial charge < -0.3 is 5.32 Å². The van der Waals surface area contributed by atoms with Gasteiger partial charge >= 0.3 is 0 Å². The minimum absolute atomic E-state index is 0.0612. The van der Waals surface area contributed by atoms with Crippen LogP contribution in [0.5, 0.6) is 0 Å². The fraction of sp³-hybridized carbons (Fsp3) is 0.125. The molecule has 0 fully saturated rings. The van der Waals surface area contributed by atoms with Crippen LogP contribution in [0.2, 0.25) is 5.02 Å². The summed E-state index contributed by atoms with van der Waals surface area (Å²) in [5, 5.41) is 3.50. The van der Waals surface area contributed by atoms with Crippen LogP contribution in [0.25, 0.3) is 16.9 Å². The normalized spacial score (nSPS) is 10.8. The molecule has 21 heavy (non-hydrogen) atoms. The fourth-order valence-electron chi connectivity index (χ4n) is 2.16. The lowest BCUT2D eigenvalue weighted by atomic mass is 10.1. The number of nitrogens with one attached hydrogen (secondary N) is 1. The topological polar surface area (TPSA) is 46.4 Å². The highest BCUT2D eigenvalue weighted by molar-refractivity contribution is 6.30. The zero-order valence-electron chi connectivity index (χ0n) is 11.5. The van der Waals surface area contributed by atoms with Gasteiger partial charge in [0.2, 0.25) is 5.91 Å². The molecule has 3 rings (SSSR count). The van der Waals surface area contributed by atoms with Crippen LogP contribution in [-0.4, -0.2) is 15.3 Å². The predicted molar refractivity (Wildman–Crippen MR) is 84.6 cm³/mol. The van der Waals surface area contributed by atoms with E-state index in [1.165, 1.54) is 0 Å². The van der Waals surface area contributed by atoms with Gasteiger partial charge in [0.1, 0.15) is 17.2 Å². The molecule has 2 aromatic heterocycles. The smallest absolute Gasteiger partial charge is 0.225 e. The quantitative estimate of drug-likeness (QED) is 0.794. The van der Waals surface area contributed by atoms with Gasteiger partial charge in [0.05, 0.1) is 5.02 Å². The van der Waals surface area contributed by atoms with Crippen LogP contribution < -0.4 is 5.32 Å². The number of carbonyl (C=O) groups excluding carboxylic acids is 1. The van der Waals surface area contributed by atoms with E-state index in [9.17, 15) is 4.79 Å². The first-order valence-corrected chi connectivity index (χ1v) is 7.09. The van der Waals surface area contributed by atoms with Crippen LogP contribution >= 0.6 is 11.6 Å². The van der Waals surface area contributed by atoms with Gasteiger partial charge in [-0.1, -0.05) is 48.9 Å². The van der Waals surface area contributed by atoms with E-state index in [1.807, 2.05) is 43.3 Å². The first-order valence-electron chi connectivity index (χ1n) is 6.72. The van der Waals surface area contributed by atoms with Crippen molar-refractivity contribution in [2.45, 2.75) is 13.3 Å². The van der Waals surface area contributed by atoms with E-state index < -0.39 is 0 Å². The average molecular weight is 300 g/mol. The lowest BCUT2D eigenvalue weighted by molar-refractivity contribution is -0.115. The minimum Gasteiger partial charge on any atom is -0.310 e. The number of hydrogen-bond acceptors (Lipinski definition) is 2. The monoisotopic (exact) mass is 299 g/mol. The largest absolute Gasteiger partial charge is 0.310 e. The van der Waals surface area contributed by atoms with E-state index in [0.717, 1.165) is 16.9 Å². The van der Waals surface area contributed by atoms with Crippen molar-refractivity contribution in [1.82, 2.24) is 9.38 Å². The lowest BCUT2D eigenvalue weighted by Gasteiger charge is -2.06. The third-order valence-electron chi connectivity index (χ3n) is 3.21. The average Bonchev–Trinajstić information content (AvgIpc) is 2.86. The molecule has 0 unspecified atom stereocenters. The minimum atomic E-state index is -0.0612. The molecule has 0 aliphatic heterocycles. The Morgan fingerprint density at radius 1 is 1.24 bits per heavy atom. The molecule has 2 heterocycles. The Morgan fingerprint density at radius 2 is 2.00 bits per heavy atom. The molecule has 0 aliphatic carbocycles. The van der Waals surface area contributed by atoms with Crippen molar-refractivity contribution in [2.75, 3.05) is 5.32 Å². The van der Waals surface area contributed by atoms with E-state index in [0.29, 0.717) is 17.3 Å². The Hall–Kier alpha value is -2.33. The van der Waals surface area contributed by atoms with Crippen molar-refractivity contribution < 1.29 is 4.79 Å². The molecule has 4 nitrogen and oxygen atoms in total. The molecule has 5 heteroatoms. The van der Waals surface area contributed by atoms with Gasteiger partial charge in [-0.25, -0.2) is 4.98 Å². The highest BCUT2D eigenvalue weighted by Gasteiger charge is 2.15. The molecule has 1 amide bonds. The second kappa shape index (κ2) is 5.58. The molecule has 106 valence electrons. The highest BCUT2D eigenvalue weighted by Crippen LogP contribution is 2.29. The zero-order chi connectivity index (χ0) is 14.8. The summed E-state index contributed by atoms with van der Waals surface area (Å²) in [5.41, 5.74) is 2.42. The predicted octanol–water partition coefficient (Wildman–Crippen LogP) is 4.00. The van der Waals surface area contributed by atoms with Gasteiger partial charge in [-0.05, 0) is 12.1 Å². The third-order valence-corrected chi connectivity index (χ3v) is 3.43. The summed E-state index contributed by atoms with van der Waals surface area (Å²) >= 11 is 6.06. The number of rotatable bonds is 3. The number of halogens is 1. The molecule has 0 atom stereocenters. The summed E-state index contributed by atoms with van der Waals surface area (Å²) < 4.78 is 1.80. The van der Waals surface area contributed by atoms with Crippen molar-refractivity contribution in [3.8, 4) is 11.3 Å². The van der Waals surface area contributed by atoms with Crippen molar-refractivity contribution in [1.29, 1.82) is 0 Å². The van der Waals surface area contributed by atoms with Crippen LogP contribution in [0.4, 0.5) is 5.82 Å². The van der Waals surface area contributed by atoms with Crippen LogP contribution in [0.3, 0.4) is 0 Å². The number of fused-ring (bicyclic) bond motifs is 1. The van der Waals surface area contributed by atoms with Crippen molar-refractivity contribution in [2.24, 2.45) is 0 Å². The zero-order valence-corrected chi connectivity index (χ0v) is 12.3. The van der Waals surface area contributed by atoms with E-state index >= 15 is 0 Å². The Bertz CT molecular complexity index is 796. The van der Waals surface area contributed by atoms with E-state index in [2.05, 4.69) is 10.3 Å². The standard InChI is InChI=1S/C16H14ClN3O/c1-2-14(21)19-16-15(11-6-4-3-5-7-11)18-13-9-8-12(17)10-20(13)16/h3-10H,2H2,1H3,(H,19,21). The Morgan fingerprint density at radius 3 is 2.71 bits per heavy atom. The van der Waals surface area contributed by atoms with Gasteiger partial charge in [0, 0.05) is 18.2 Å². The fourth-order valence-corrected chi connectivity index (χ4v) is 2.32. The second-order valence-electron chi connectivity index (χ2n) is 4.65. The van der Waals surface area contributed by atoms with Gasteiger partial charge in [-0.2, -0.15) is 0 Å². The Kier molecular flexibility index (Phi) is 3.62. The number of imidazole rings is 1. The summed E-state index contributed by atoms with van der Waals surface area (Å²) in [7, 11) is 0. The summed E-state index contributed by atoms with van der Waals surface area (Å²) in [6.07, 6.45) is 2.16.